The Labute approximate surface area is 111 Å². The predicted molar refractivity (Wildman–Crippen MR) is 69.9 cm³/mol. The highest BCUT2D eigenvalue weighted by Crippen LogP contribution is 2.27. The lowest BCUT2D eigenvalue weighted by atomic mass is 10.1. The number of nitrogens with one attached hydrogen (secondary N) is 1. The molecule has 0 unspecified atom stereocenters. The number of hydrogen-bond acceptors (Lipinski definition) is 2. The molecule has 0 spiro atoms. The third-order valence-electron chi connectivity index (χ3n) is 2.34. The number of benzene rings is 1. The molecule has 1 aromatic carbocycles. The minimum Gasteiger partial charge on any atom is -0.405 e. The van der Waals surface area contributed by atoms with Crippen molar-refractivity contribution in [3.63, 3.8) is 0 Å². The molecule has 0 aliphatic rings. The Kier molecular flexibility index (Phi) is 5.42. The number of halogens is 3. The second kappa shape index (κ2) is 6.61. The van der Waals surface area contributed by atoms with Crippen molar-refractivity contribution in [1.82, 2.24) is 5.32 Å². The number of ether oxygens (including phenoxy) is 1. The van der Waals surface area contributed by atoms with Gasteiger partial charge in [0.2, 0.25) is 0 Å². The maximum Gasteiger partial charge on any atom is 0.573 e. The molecule has 0 saturated carbocycles. The van der Waals surface area contributed by atoms with Gasteiger partial charge in [0.1, 0.15) is 5.75 Å². The van der Waals surface area contributed by atoms with E-state index in [-0.39, 0.29) is 5.75 Å². The monoisotopic (exact) mass is 273 g/mol. The second-order valence-electron chi connectivity index (χ2n) is 4.61. The van der Waals surface area contributed by atoms with E-state index < -0.39 is 6.36 Å². The van der Waals surface area contributed by atoms with E-state index in [2.05, 4.69) is 10.1 Å². The average molecular weight is 273 g/mol. The second-order valence-corrected chi connectivity index (χ2v) is 4.61. The van der Waals surface area contributed by atoms with Gasteiger partial charge in [-0.05, 0) is 13.0 Å². The van der Waals surface area contributed by atoms with Crippen LogP contribution in [0.3, 0.4) is 0 Å². The molecule has 0 heterocycles. The van der Waals surface area contributed by atoms with Crippen molar-refractivity contribution in [3.8, 4) is 5.75 Å². The van der Waals surface area contributed by atoms with Gasteiger partial charge in [-0.2, -0.15) is 0 Å². The molecule has 2 nitrogen and oxygen atoms in total. The smallest absolute Gasteiger partial charge is 0.405 e. The van der Waals surface area contributed by atoms with Crippen LogP contribution in [-0.2, 0) is 0 Å². The molecule has 19 heavy (non-hydrogen) atoms. The van der Waals surface area contributed by atoms with Crippen molar-refractivity contribution >= 4 is 6.08 Å². The molecule has 0 fully saturated rings. The van der Waals surface area contributed by atoms with Crippen LogP contribution in [0.2, 0.25) is 0 Å². The fraction of sp³-hybridized carbons (Fsp3) is 0.429. The molecule has 0 radical (unpaired) electrons. The molecule has 5 heteroatoms. The molecular formula is C14H18F3NO. The summed E-state index contributed by atoms with van der Waals surface area (Å²) < 4.78 is 40.8. The third kappa shape index (κ3) is 6.29. The van der Waals surface area contributed by atoms with Crippen molar-refractivity contribution < 1.29 is 17.9 Å². The largest absolute Gasteiger partial charge is 0.573 e. The quantitative estimate of drug-likeness (QED) is 0.876. The molecule has 0 aromatic heterocycles. The van der Waals surface area contributed by atoms with Gasteiger partial charge in [-0.3, -0.25) is 0 Å². The molecule has 1 aromatic rings. The van der Waals surface area contributed by atoms with Gasteiger partial charge in [-0.15, -0.1) is 13.2 Å². The van der Waals surface area contributed by atoms with Gasteiger partial charge in [0.25, 0.3) is 0 Å². The van der Waals surface area contributed by atoms with Crippen LogP contribution in [0, 0.1) is 0 Å². The Hall–Kier alpha value is -1.49. The minimum atomic E-state index is -4.67. The molecular weight excluding hydrogens is 255 g/mol. The summed E-state index contributed by atoms with van der Waals surface area (Å²) in [6.07, 6.45) is -2.98. The van der Waals surface area contributed by atoms with E-state index in [0.717, 1.165) is 5.57 Å². The summed E-state index contributed by atoms with van der Waals surface area (Å²) in [4.78, 5) is 0. The number of para-hydroxylation sites is 1. The normalized spacial score (nSPS) is 12.9. The fourth-order valence-corrected chi connectivity index (χ4v) is 1.50. The molecule has 0 aliphatic heterocycles. The first-order valence-electron chi connectivity index (χ1n) is 6.03. The first kappa shape index (κ1) is 15.6. The van der Waals surface area contributed by atoms with Gasteiger partial charge in [0.05, 0.1) is 0 Å². The SMILES string of the molecule is CC(=Cc1ccccc1OC(F)(F)F)CNC(C)C. The molecule has 0 amide bonds. The van der Waals surface area contributed by atoms with E-state index in [1.807, 2.05) is 20.8 Å². The van der Waals surface area contributed by atoms with Crippen molar-refractivity contribution in [2.24, 2.45) is 0 Å². The molecule has 0 atom stereocenters. The standard InChI is InChI=1S/C14H18F3NO/c1-10(2)18-9-11(3)8-12-6-4-5-7-13(12)19-14(15,16)17/h4-8,10,18H,9H2,1-3H3. The summed E-state index contributed by atoms with van der Waals surface area (Å²) >= 11 is 0. The topological polar surface area (TPSA) is 21.3 Å². The van der Waals surface area contributed by atoms with Gasteiger partial charge in [-0.1, -0.05) is 43.7 Å². The summed E-state index contributed by atoms with van der Waals surface area (Å²) in [5, 5.41) is 3.20. The Morgan fingerprint density at radius 2 is 1.95 bits per heavy atom. The highest BCUT2D eigenvalue weighted by Gasteiger charge is 2.31. The van der Waals surface area contributed by atoms with E-state index in [4.69, 9.17) is 0 Å². The maximum absolute atomic E-state index is 12.3. The zero-order chi connectivity index (χ0) is 14.5. The Morgan fingerprint density at radius 1 is 1.32 bits per heavy atom. The van der Waals surface area contributed by atoms with Gasteiger partial charge < -0.3 is 10.1 Å². The first-order valence-corrected chi connectivity index (χ1v) is 6.03. The summed E-state index contributed by atoms with van der Waals surface area (Å²) in [6.45, 7) is 6.50. The molecule has 106 valence electrons. The van der Waals surface area contributed by atoms with Gasteiger partial charge in [0.15, 0.2) is 0 Å². The zero-order valence-corrected chi connectivity index (χ0v) is 11.2. The molecule has 0 aliphatic carbocycles. The van der Waals surface area contributed by atoms with E-state index in [0.29, 0.717) is 18.2 Å². The van der Waals surface area contributed by atoms with Gasteiger partial charge in [0, 0.05) is 18.2 Å². The fourth-order valence-electron chi connectivity index (χ4n) is 1.50. The summed E-state index contributed by atoms with van der Waals surface area (Å²) in [6, 6.07) is 6.42. The number of alkyl halides is 3. The minimum absolute atomic E-state index is 0.182. The molecule has 0 saturated heterocycles. The van der Waals surface area contributed by atoms with Crippen LogP contribution in [-0.4, -0.2) is 18.9 Å². The zero-order valence-electron chi connectivity index (χ0n) is 11.2. The van der Waals surface area contributed by atoms with Crippen LogP contribution in [0.25, 0.3) is 6.08 Å². The highest BCUT2D eigenvalue weighted by atomic mass is 19.4. The third-order valence-corrected chi connectivity index (χ3v) is 2.34. The van der Waals surface area contributed by atoms with Crippen LogP contribution in [0.4, 0.5) is 13.2 Å². The average Bonchev–Trinajstić information content (AvgIpc) is 2.27. The van der Waals surface area contributed by atoms with Crippen LogP contribution in [0.5, 0.6) is 5.75 Å². The Balaban J connectivity index is 2.85. The number of hydrogen-bond donors (Lipinski definition) is 1. The van der Waals surface area contributed by atoms with Crippen LogP contribution in [0.15, 0.2) is 29.8 Å². The van der Waals surface area contributed by atoms with Crippen molar-refractivity contribution in [3.05, 3.63) is 35.4 Å². The Morgan fingerprint density at radius 3 is 2.53 bits per heavy atom. The molecule has 0 bridgehead atoms. The lowest BCUT2D eigenvalue weighted by Crippen LogP contribution is -2.24. The lowest BCUT2D eigenvalue weighted by molar-refractivity contribution is -0.274. The summed E-state index contributed by atoms with van der Waals surface area (Å²) in [5.41, 5.74) is 1.36. The van der Waals surface area contributed by atoms with E-state index in [1.165, 1.54) is 12.1 Å². The van der Waals surface area contributed by atoms with Crippen LogP contribution >= 0.6 is 0 Å². The van der Waals surface area contributed by atoms with Crippen molar-refractivity contribution in [2.45, 2.75) is 33.2 Å². The van der Waals surface area contributed by atoms with Gasteiger partial charge >= 0.3 is 6.36 Å². The van der Waals surface area contributed by atoms with E-state index >= 15 is 0 Å². The summed E-state index contributed by atoms with van der Waals surface area (Å²) in [5.74, 6) is -0.182. The first-order chi connectivity index (χ1) is 8.78. The maximum atomic E-state index is 12.3. The predicted octanol–water partition coefficient (Wildman–Crippen LogP) is 3.99. The van der Waals surface area contributed by atoms with Crippen LogP contribution in [0.1, 0.15) is 26.3 Å². The van der Waals surface area contributed by atoms with Gasteiger partial charge in [-0.25, -0.2) is 0 Å². The van der Waals surface area contributed by atoms with Crippen molar-refractivity contribution in [1.29, 1.82) is 0 Å². The number of rotatable bonds is 5. The van der Waals surface area contributed by atoms with E-state index in [1.54, 1.807) is 18.2 Å². The Bertz CT molecular complexity index is 439. The molecule has 1 rings (SSSR count). The molecule has 1 N–H and O–H groups in total. The lowest BCUT2D eigenvalue weighted by Gasteiger charge is -2.12. The highest BCUT2D eigenvalue weighted by molar-refractivity contribution is 5.59. The van der Waals surface area contributed by atoms with E-state index in [9.17, 15) is 13.2 Å². The van der Waals surface area contributed by atoms with Crippen molar-refractivity contribution in [2.75, 3.05) is 6.54 Å². The summed E-state index contributed by atoms with van der Waals surface area (Å²) in [7, 11) is 0. The van der Waals surface area contributed by atoms with Crippen LogP contribution < -0.4 is 10.1 Å².